The molecule has 168 valence electrons. The highest BCUT2D eigenvalue weighted by Gasteiger charge is 2.72. The Labute approximate surface area is 188 Å². The molecular formula is C17H18Cl2F3NO5S2. The molecule has 0 aromatic heterocycles. The van der Waals surface area contributed by atoms with E-state index in [4.69, 9.17) is 38.2 Å². The Bertz CT molecular complexity index is 753. The summed E-state index contributed by atoms with van der Waals surface area (Å²) in [5.41, 5.74) is -0.0515. The summed E-state index contributed by atoms with van der Waals surface area (Å²) < 4.78 is 30.7. The first-order chi connectivity index (χ1) is 13.8. The van der Waals surface area contributed by atoms with E-state index in [9.17, 15) is 22.8 Å². The second kappa shape index (κ2) is 11.4. The third-order valence-electron chi connectivity index (χ3n) is 3.84. The molecule has 13 heteroatoms. The van der Waals surface area contributed by atoms with Gasteiger partial charge in [0.15, 0.2) is 0 Å². The van der Waals surface area contributed by atoms with E-state index in [0.717, 1.165) is 5.56 Å². The molecule has 2 rings (SSSR count). The molecule has 6 nitrogen and oxygen atoms in total. The van der Waals surface area contributed by atoms with Crippen molar-refractivity contribution >= 4 is 62.6 Å². The third kappa shape index (κ3) is 7.75. The Morgan fingerprint density at radius 2 is 1.57 bits per heavy atom. The van der Waals surface area contributed by atoms with E-state index in [1.807, 2.05) is 30.3 Å². The molecule has 0 heterocycles. The molecule has 1 saturated carbocycles. The maximum atomic E-state index is 12.5. The highest BCUT2D eigenvalue weighted by Crippen LogP contribution is 2.64. The lowest BCUT2D eigenvalue weighted by molar-refractivity contribution is -0.192. The highest BCUT2D eigenvalue weighted by atomic mass is 35.5. The molecule has 3 N–H and O–H groups in total. The molecule has 1 atom stereocenters. The molecule has 1 aromatic rings. The second-order valence-electron chi connectivity index (χ2n) is 6.00. The minimum absolute atomic E-state index is 0.141. The number of amides is 1. The standard InChI is InChI=1S/C15H17Cl2NO3S2.C2HF3O2/c16-15(17)10-14(15,11-4-2-1-3-5-11)13(21)18-7-9-23-22-8-6-12(19)20;3-2(4,5)1(6)7/h1-5H,6-10H2,(H,18,21)(H,19,20);(H,6,7). The van der Waals surface area contributed by atoms with Crippen molar-refractivity contribution in [2.24, 2.45) is 0 Å². The fraction of sp³-hybridized carbons (Fsp3) is 0.471. The Kier molecular flexibility index (Phi) is 10.1. The molecule has 1 unspecified atom stereocenters. The van der Waals surface area contributed by atoms with Crippen LogP contribution in [0.25, 0.3) is 0 Å². The van der Waals surface area contributed by atoms with Gasteiger partial charge in [0.25, 0.3) is 0 Å². The maximum Gasteiger partial charge on any atom is 0.490 e. The summed E-state index contributed by atoms with van der Waals surface area (Å²) in [6, 6.07) is 9.33. The molecule has 1 fully saturated rings. The summed E-state index contributed by atoms with van der Waals surface area (Å²) in [5.74, 6) is -2.48. The van der Waals surface area contributed by atoms with Gasteiger partial charge in [0.1, 0.15) is 9.75 Å². The van der Waals surface area contributed by atoms with Crippen LogP contribution >= 0.6 is 44.8 Å². The summed E-state index contributed by atoms with van der Waals surface area (Å²) in [4.78, 5) is 31.8. The SMILES string of the molecule is O=C(O)C(F)(F)F.O=C(O)CCSSCCNC(=O)C1(c2ccccc2)CC1(Cl)Cl. The summed E-state index contributed by atoms with van der Waals surface area (Å²) in [6.45, 7) is 0.488. The number of hydrogen-bond acceptors (Lipinski definition) is 5. The van der Waals surface area contributed by atoms with Crippen LogP contribution in [0.2, 0.25) is 0 Å². The molecule has 0 saturated heterocycles. The Balaban J connectivity index is 0.000000553. The van der Waals surface area contributed by atoms with Gasteiger partial charge in [-0.3, -0.25) is 9.59 Å². The van der Waals surface area contributed by atoms with Gasteiger partial charge in [-0.15, -0.1) is 23.2 Å². The fourth-order valence-corrected chi connectivity index (χ4v) is 4.98. The lowest BCUT2D eigenvalue weighted by Crippen LogP contribution is -2.39. The smallest absolute Gasteiger partial charge is 0.481 e. The monoisotopic (exact) mass is 507 g/mol. The summed E-state index contributed by atoms with van der Waals surface area (Å²) in [6.07, 6.45) is -4.54. The Morgan fingerprint density at radius 3 is 2.00 bits per heavy atom. The Hall–Kier alpha value is -1.30. The van der Waals surface area contributed by atoms with Gasteiger partial charge in [-0.2, -0.15) is 13.2 Å². The average molecular weight is 508 g/mol. The number of carboxylic acid groups (broad SMARTS) is 2. The maximum absolute atomic E-state index is 12.5. The topological polar surface area (TPSA) is 104 Å². The average Bonchev–Trinajstić information content (AvgIpc) is 3.24. The van der Waals surface area contributed by atoms with Crippen LogP contribution in [0, 0.1) is 0 Å². The van der Waals surface area contributed by atoms with Gasteiger partial charge in [-0.1, -0.05) is 51.9 Å². The molecule has 1 amide bonds. The van der Waals surface area contributed by atoms with Gasteiger partial charge < -0.3 is 15.5 Å². The molecular weight excluding hydrogens is 490 g/mol. The first-order valence-corrected chi connectivity index (χ1v) is 11.6. The number of benzene rings is 1. The van der Waals surface area contributed by atoms with Crippen molar-refractivity contribution in [1.29, 1.82) is 0 Å². The van der Waals surface area contributed by atoms with Crippen molar-refractivity contribution in [3.63, 3.8) is 0 Å². The van der Waals surface area contributed by atoms with Crippen LogP contribution in [-0.4, -0.2) is 56.6 Å². The molecule has 1 aliphatic carbocycles. The van der Waals surface area contributed by atoms with E-state index in [1.54, 1.807) is 0 Å². The molecule has 30 heavy (non-hydrogen) atoms. The highest BCUT2D eigenvalue weighted by molar-refractivity contribution is 8.76. The van der Waals surface area contributed by atoms with Gasteiger partial charge in [-0.25, -0.2) is 4.79 Å². The van der Waals surface area contributed by atoms with Crippen molar-refractivity contribution in [3.8, 4) is 0 Å². The van der Waals surface area contributed by atoms with E-state index in [2.05, 4.69) is 5.32 Å². The lowest BCUT2D eigenvalue weighted by Gasteiger charge is -2.18. The number of carbonyl (C=O) groups excluding carboxylic acids is 1. The molecule has 0 radical (unpaired) electrons. The predicted octanol–water partition coefficient (Wildman–Crippen LogP) is 4.11. The number of halogens is 5. The van der Waals surface area contributed by atoms with Crippen LogP contribution in [0.15, 0.2) is 30.3 Å². The number of rotatable bonds is 9. The quantitative estimate of drug-likeness (QED) is 0.262. The van der Waals surface area contributed by atoms with E-state index >= 15 is 0 Å². The first-order valence-electron chi connectivity index (χ1n) is 8.32. The number of hydrogen-bond donors (Lipinski definition) is 3. The fourth-order valence-electron chi connectivity index (χ4n) is 2.31. The molecule has 1 aromatic carbocycles. The van der Waals surface area contributed by atoms with Crippen molar-refractivity contribution in [1.82, 2.24) is 5.32 Å². The first kappa shape index (κ1) is 26.7. The Morgan fingerprint density at radius 1 is 1.07 bits per heavy atom. The van der Waals surface area contributed by atoms with Crippen LogP contribution in [-0.2, 0) is 19.8 Å². The van der Waals surface area contributed by atoms with E-state index < -0.39 is 27.9 Å². The van der Waals surface area contributed by atoms with Gasteiger partial charge in [0.2, 0.25) is 5.91 Å². The molecule has 0 spiro atoms. The predicted molar refractivity (Wildman–Crippen MR) is 111 cm³/mol. The lowest BCUT2D eigenvalue weighted by atomic mass is 9.95. The van der Waals surface area contributed by atoms with Gasteiger partial charge in [0, 0.05) is 24.5 Å². The van der Waals surface area contributed by atoms with Gasteiger partial charge in [0.05, 0.1) is 6.42 Å². The molecule has 0 aliphatic heterocycles. The number of carbonyl (C=O) groups is 3. The van der Waals surface area contributed by atoms with Crippen LogP contribution in [0.3, 0.4) is 0 Å². The van der Waals surface area contributed by atoms with Crippen LogP contribution < -0.4 is 5.32 Å². The molecule has 0 bridgehead atoms. The van der Waals surface area contributed by atoms with Gasteiger partial charge in [-0.05, 0) is 5.56 Å². The zero-order valence-electron chi connectivity index (χ0n) is 15.2. The number of aliphatic carboxylic acids is 2. The van der Waals surface area contributed by atoms with E-state index in [0.29, 0.717) is 24.5 Å². The van der Waals surface area contributed by atoms with E-state index in [1.165, 1.54) is 21.6 Å². The van der Waals surface area contributed by atoms with Crippen LogP contribution in [0.5, 0.6) is 0 Å². The molecule has 1 aliphatic rings. The summed E-state index contributed by atoms with van der Waals surface area (Å²) in [7, 11) is 3.02. The number of nitrogens with one attached hydrogen (secondary N) is 1. The van der Waals surface area contributed by atoms with Crippen molar-refractivity contribution in [2.75, 3.05) is 18.1 Å². The number of alkyl halides is 5. The number of carboxylic acids is 2. The minimum atomic E-state index is -5.08. The van der Waals surface area contributed by atoms with Gasteiger partial charge >= 0.3 is 18.1 Å². The second-order valence-corrected chi connectivity index (χ2v) is 10.2. The normalized spacial score (nSPS) is 19.2. The van der Waals surface area contributed by atoms with Crippen molar-refractivity contribution in [2.45, 2.75) is 28.8 Å². The third-order valence-corrected chi connectivity index (χ3v) is 7.16. The summed E-state index contributed by atoms with van der Waals surface area (Å²) in [5, 5.41) is 18.5. The van der Waals surface area contributed by atoms with E-state index in [-0.39, 0.29) is 12.3 Å². The van der Waals surface area contributed by atoms with Crippen molar-refractivity contribution < 1.29 is 37.8 Å². The zero-order chi connectivity index (χ0) is 23.0. The van der Waals surface area contributed by atoms with Crippen LogP contribution in [0.1, 0.15) is 18.4 Å². The summed E-state index contributed by atoms with van der Waals surface area (Å²) >= 11 is 12.5. The zero-order valence-corrected chi connectivity index (χ0v) is 18.4. The van der Waals surface area contributed by atoms with Crippen molar-refractivity contribution in [3.05, 3.63) is 35.9 Å². The minimum Gasteiger partial charge on any atom is -0.481 e. The largest absolute Gasteiger partial charge is 0.490 e. The van der Waals surface area contributed by atoms with Crippen LogP contribution in [0.4, 0.5) is 13.2 Å².